The van der Waals surface area contributed by atoms with Crippen LogP contribution in [0.5, 0.6) is 0 Å². The summed E-state index contributed by atoms with van der Waals surface area (Å²) in [5.41, 5.74) is 0. The summed E-state index contributed by atoms with van der Waals surface area (Å²) in [4.78, 5) is 0. The first-order valence-electron chi connectivity index (χ1n) is 7.33. The van der Waals surface area contributed by atoms with Crippen LogP contribution in [0.25, 0.3) is 0 Å². The van der Waals surface area contributed by atoms with Gasteiger partial charge in [0.05, 0.1) is 0 Å². The van der Waals surface area contributed by atoms with E-state index in [0.29, 0.717) is 0 Å². The zero-order valence-corrected chi connectivity index (χ0v) is 37.2. The van der Waals surface area contributed by atoms with E-state index >= 15 is 0 Å². The summed E-state index contributed by atoms with van der Waals surface area (Å²) in [6.45, 7) is 4.56. The van der Waals surface area contributed by atoms with E-state index < -0.39 is 0 Å². The molecule has 0 saturated carbocycles. The van der Waals surface area contributed by atoms with E-state index in [0.717, 1.165) is 0 Å². The first kappa shape index (κ1) is 48.4. The summed E-state index contributed by atoms with van der Waals surface area (Å²) < 4.78 is 50.5. The van der Waals surface area contributed by atoms with E-state index in [9.17, 15) is 0 Å². The van der Waals surface area contributed by atoms with Crippen LogP contribution in [0.2, 0.25) is 0 Å². The maximum atomic E-state index is 8.42. The molecule has 0 aromatic heterocycles. The molecule has 128 valence electrons. The second kappa shape index (κ2) is 87.3. The molecule has 0 saturated heterocycles. The normalized spacial score (nSPS) is 6.75. The Morgan fingerprint density at radius 3 is 0.583 bits per heavy atom. The number of hydrogen-bond donors (Lipinski definition) is 0. The third-order valence-electron chi connectivity index (χ3n) is 2.46. The first-order valence-corrected chi connectivity index (χ1v) is 16.4. The fourth-order valence-corrected chi connectivity index (χ4v) is 1.56. The number of unbranched alkanes of at least 4 members (excludes halogenated alkanes) is 9. The molecule has 0 aliphatic carbocycles. The van der Waals surface area contributed by atoms with Gasteiger partial charge < -0.3 is 0 Å². The molecule has 0 aromatic rings. The fourth-order valence-electron chi connectivity index (χ4n) is 1.56. The molecule has 0 amide bonds. The van der Waals surface area contributed by atoms with E-state index in [-0.39, 0.29) is 236 Å². The molecular formula is C12H26O6Pr6. The van der Waals surface area contributed by atoms with Gasteiger partial charge >= 0.3 is 242 Å². The molecule has 0 fully saturated rings. The third-order valence-corrected chi connectivity index (χ3v) is 2.46. The van der Waals surface area contributed by atoms with Crippen molar-refractivity contribution in [2.45, 2.75) is 78.1 Å². The third kappa shape index (κ3) is 88.8. The van der Waals surface area contributed by atoms with Crippen molar-refractivity contribution in [3.05, 3.63) is 0 Å². The van der Waals surface area contributed by atoms with Crippen LogP contribution in [0.4, 0.5) is 0 Å². The van der Waals surface area contributed by atoms with Crippen LogP contribution in [0.15, 0.2) is 0 Å². The van der Waals surface area contributed by atoms with Gasteiger partial charge in [0.15, 0.2) is 0 Å². The molecule has 12 heteroatoms. The maximum absolute atomic E-state index is 8.42. The van der Waals surface area contributed by atoms with Crippen molar-refractivity contribution < 1.29 is 242 Å². The van der Waals surface area contributed by atoms with E-state index in [1.54, 1.807) is 0 Å². The minimum absolute atomic E-state index is 0.0833. The van der Waals surface area contributed by atoms with E-state index in [1.807, 2.05) is 0 Å². The molecule has 0 rings (SSSR count). The molecule has 0 atom stereocenters. The van der Waals surface area contributed by atoms with Crippen molar-refractivity contribution in [1.29, 1.82) is 0 Å². The van der Waals surface area contributed by atoms with Crippen molar-refractivity contribution in [3.63, 3.8) is 0 Å². The Balaban J connectivity index is -0.0000000404. The molecule has 0 N–H and O–H groups in total. The molecule has 24 heavy (non-hydrogen) atoms. The second-order valence-electron chi connectivity index (χ2n) is 3.83. The molecule has 0 radical (unpaired) electrons. The Bertz CT molecular complexity index is 138. The summed E-state index contributed by atoms with van der Waals surface area (Å²) in [6, 6.07) is 0. The summed E-state index contributed by atoms with van der Waals surface area (Å²) >= 11 is -0.500. The van der Waals surface area contributed by atoms with Gasteiger partial charge in [0, 0.05) is 0 Å². The van der Waals surface area contributed by atoms with E-state index in [2.05, 4.69) is 13.8 Å². The molecule has 0 unspecified atom stereocenters. The van der Waals surface area contributed by atoms with E-state index in [1.165, 1.54) is 64.2 Å². The Hall–Kier alpha value is 6.98. The van der Waals surface area contributed by atoms with Crippen molar-refractivity contribution in [2.75, 3.05) is 0 Å². The SMILES string of the molecule is CCCCCCCCCCCC.[O]=[Pr].[O]=[Pr].[O]=[Pr].[O]=[Pr].[O]=[Pr].[O]=[Pr]. The van der Waals surface area contributed by atoms with Gasteiger partial charge in [0.1, 0.15) is 0 Å². The van der Waals surface area contributed by atoms with Gasteiger partial charge in [-0.05, 0) is 0 Å². The van der Waals surface area contributed by atoms with Crippen LogP contribution in [0.3, 0.4) is 0 Å². The van der Waals surface area contributed by atoms with Crippen LogP contribution in [-0.4, -0.2) is 0 Å². The fraction of sp³-hybridized carbons (Fsp3) is 1.00. The van der Waals surface area contributed by atoms with Gasteiger partial charge in [-0.15, -0.1) is 0 Å². The average molecular weight is 1110 g/mol. The summed E-state index contributed by atoms with van der Waals surface area (Å²) in [7, 11) is 0. The van der Waals surface area contributed by atoms with Gasteiger partial charge in [0.25, 0.3) is 0 Å². The first-order chi connectivity index (χ1) is 11.9. The number of rotatable bonds is 9. The molecule has 0 spiro atoms. The van der Waals surface area contributed by atoms with E-state index in [4.69, 9.17) is 5.97 Å². The average Bonchev–Trinajstić information content (AvgIpc) is 2.73. The Kier molecular flexibility index (Phi) is 176. The summed E-state index contributed by atoms with van der Waals surface area (Å²) in [5, 5.41) is 0. The number of hydrogen-bond acceptors (Lipinski definition) is 6. The van der Waals surface area contributed by atoms with Crippen LogP contribution < -0.4 is 0 Å². The van der Waals surface area contributed by atoms with Crippen molar-refractivity contribution in [3.8, 4) is 0 Å². The van der Waals surface area contributed by atoms with Crippen LogP contribution in [-0.2, 0) is 5.97 Å². The molecule has 6 nitrogen and oxygen atoms in total. The Labute approximate surface area is 310 Å². The molecule has 0 aliphatic heterocycles. The standard InChI is InChI=1S/C12H26.6O.6Pr/c1-3-5-7-9-11-12-10-8-6-4-2;;;;;;;;;;;;/h3-12H2,1-2H3;;;;;;;;;;;;. The van der Waals surface area contributed by atoms with Gasteiger partial charge in [0.2, 0.25) is 0 Å². The van der Waals surface area contributed by atoms with Gasteiger partial charge in [-0.3, -0.25) is 0 Å². The topological polar surface area (TPSA) is 102 Å². The van der Waals surface area contributed by atoms with Gasteiger partial charge in [-0.1, -0.05) is 78.1 Å². The minimum atomic E-state index is -0.0833. The Morgan fingerprint density at radius 1 is 0.333 bits per heavy atom. The Morgan fingerprint density at radius 2 is 0.458 bits per heavy atom. The molecule has 0 bridgehead atoms. The molecule has 0 heterocycles. The van der Waals surface area contributed by atoms with Crippen LogP contribution >= 0.6 is 0 Å². The monoisotopic (exact) mass is 1110 g/mol. The van der Waals surface area contributed by atoms with Crippen molar-refractivity contribution in [2.24, 2.45) is 0 Å². The van der Waals surface area contributed by atoms with Gasteiger partial charge in [-0.25, -0.2) is 0 Å². The quantitative estimate of drug-likeness (QED) is 0.321. The van der Waals surface area contributed by atoms with Crippen molar-refractivity contribution in [1.82, 2.24) is 0 Å². The van der Waals surface area contributed by atoms with Crippen LogP contribution in [0, 0.1) is 236 Å². The summed E-state index contributed by atoms with van der Waals surface area (Å²) in [6.07, 6.45) is 14.4. The molecular weight excluding hydrogens is 1090 g/mol. The molecule has 0 aromatic carbocycles. The predicted octanol–water partition coefficient (Wildman–Crippen LogP) is 4.21. The van der Waals surface area contributed by atoms with Crippen molar-refractivity contribution >= 4 is 0 Å². The second-order valence-corrected chi connectivity index (χ2v) is 3.83. The zero-order valence-electron chi connectivity index (χ0n) is 15.0. The summed E-state index contributed by atoms with van der Waals surface area (Å²) in [5.74, 6) is 0. The molecule has 0 aliphatic rings. The van der Waals surface area contributed by atoms with Gasteiger partial charge in [-0.2, -0.15) is 0 Å². The van der Waals surface area contributed by atoms with Crippen LogP contribution in [0.1, 0.15) is 78.1 Å². The zero-order chi connectivity index (χ0) is 21.1. The predicted molar refractivity (Wildman–Crippen MR) is 61.6 cm³/mol.